The van der Waals surface area contributed by atoms with E-state index >= 15 is 0 Å². The van der Waals surface area contributed by atoms with Crippen LogP contribution in [0, 0.1) is 0 Å². The molecule has 5 rings (SSSR count). The number of aryl methyl sites for hydroxylation is 1. The number of amides is 3. The van der Waals surface area contributed by atoms with Gasteiger partial charge in [-0.1, -0.05) is 41.9 Å². The zero-order valence-electron chi connectivity index (χ0n) is 23.0. The number of phenols is 1. The van der Waals surface area contributed by atoms with Crippen molar-refractivity contribution in [2.45, 2.75) is 38.3 Å². The van der Waals surface area contributed by atoms with E-state index in [1.54, 1.807) is 12.1 Å². The SMILES string of the molecule is O=C(NCc1cccc(O)c1)c1ccc(C(=O)N[C@@H](CNC(=O)c2c3c(nc4ccccc24)CCCC3)C(=O)O)c(Cl)c1. The molecule has 0 spiro atoms. The van der Waals surface area contributed by atoms with Crippen LogP contribution >= 0.6 is 11.6 Å². The molecule has 11 heteroatoms. The summed E-state index contributed by atoms with van der Waals surface area (Å²) in [4.78, 5) is 55.7. The fraction of sp³-hybridized carbons (Fsp3) is 0.219. The van der Waals surface area contributed by atoms with Crippen molar-refractivity contribution in [2.24, 2.45) is 0 Å². The highest BCUT2D eigenvalue weighted by Crippen LogP contribution is 2.29. The van der Waals surface area contributed by atoms with Gasteiger partial charge in [0.15, 0.2) is 0 Å². The number of aromatic nitrogens is 1. The van der Waals surface area contributed by atoms with E-state index in [9.17, 15) is 29.4 Å². The molecule has 1 aromatic heterocycles. The lowest BCUT2D eigenvalue weighted by atomic mass is 9.89. The topological polar surface area (TPSA) is 158 Å². The van der Waals surface area contributed by atoms with Crippen LogP contribution in [0.15, 0.2) is 66.7 Å². The first kappa shape index (κ1) is 29.5. The summed E-state index contributed by atoms with van der Waals surface area (Å²) in [6.07, 6.45) is 3.39. The van der Waals surface area contributed by atoms with Crippen molar-refractivity contribution in [3.05, 3.63) is 105 Å². The minimum Gasteiger partial charge on any atom is -0.508 e. The summed E-state index contributed by atoms with van der Waals surface area (Å²) < 4.78 is 0. The van der Waals surface area contributed by atoms with E-state index in [-0.39, 0.29) is 35.0 Å². The number of carboxylic acid groups (broad SMARTS) is 1. The summed E-state index contributed by atoms with van der Waals surface area (Å²) in [7, 11) is 0. The number of fused-ring (bicyclic) bond motifs is 2. The number of aromatic hydroxyl groups is 1. The molecule has 0 bridgehead atoms. The van der Waals surface area contributed by atoms with Crippen LogP contribution in [-0.4, -0.2) is 51.5 Å². The van der Waals surface area contributed by atoms with E-state index in [0.29, 0.717) is 28.5 Å². The van der Waals surface area contributed by atoms with Gasteiger partial charge >= 0.3 is 5.97 Å². The number of hydrogen-bond acceptors (Lipinski definition) is 6. The maximum absolute atomic E-state index is 13.4. The van der Waals surface area contributed by atoms with Crippen LogP contribution in [0.25, 0.3) is 10.9 Å². The molecule has 10 nitrogen and oxygen atoms in total. The Labute approximate surface area is 252 Å². The number of para-hydroxylation sites is 1. The second kappa shape index (κ2) is 12.9. The number of rotatable bonds is 9. The third-order valence-electron chi connectivity index (χ3n) is 7.31. The van der Waals surface area contributed by atoms with Crippen LogP contribution in [0.2, 0.25) is 5.02 Å². The van der Waals surface area contributed by atoms with Crippen molar-refractivity contribution >= 4 is 46.2 Å². The van der Waals surface area contributed by atoms with Gasteiger partial charge in [0.25, 0.3) is 17.7 Å². The fourth-order valence-electron chi connectivity index (χ4n) is 5.14. The van der Waals surface area contributed by atoms with Gasteiger partial charge in [0.1, 0.15) is 11.8 Å². The fourth-order valence-corrected chi connectivity index (χ4v) is 5.41. The maximum atomic E-state index is 13.4. The average Bonchev–Trinajstić information content (AvgIpc) is 3.00. The number of carbonyl (C=O) groups excluding carboxylic acids is 3. The molecule has 220 valence electrons. The second-order valence-corrected chi connectivity index (χ2v) is 10.7. The molecule has 0 fully saturated rings. The monoisotopic (exact) mass is 600 g/mol. The Hall–Kier alpha value is -4.96. The van der Waals surface area contributed by atoms with Crippen LogP contribution in [0.4, 0.5) is 0 Å². The molecule has 1 heterocycles. The number of halogens is 1. The van der Waals surface area contributed by atoms with Gasteiger partial charge in [-0.25, -0.2) is 4.79 Å². The standard InChI is InChI=1S/C32H29ClN4O6/c33-24-15-19(29(39)34-16-18-6-5-7-20(38)14-18)12-13-21(24)30(40)37-27(32(42)43)17-35-31(41)28-22-8-1-3-10-25(22)36-26-11-4-2-9-23(26)28/h1,3,5-8,10,12-15,27,38H,2,4,9,11,16-17H2,(H,34,39)(H,35,41)(H,37,40)(H,42,43)/t27-/m0/s1. The summed E-state index contributed by atoms with van der Waals surface area (Å²) in [6, 6.07) is 16.4. The smallest absolute Gasteiger partial charge is 0.328 e. The van der Waals surface area contributed by atoms with Gasteiger partial charge in [0.05, 0.1) is 21.7 Å². The van der Waals surface area contributed by atoms with Crippen molar-refractivity contribution in [1.29, 1.82) is 0 Å². The maximum Gasteiger partial charge on any atom is 0.328 e. The van der Waals surface area contributed by atoms with E-state index in [1.165, 1.54) is 30.3 Å². The second-order valence-electron chi connectivity index (χ2n) is 10.3. The predicted octanol–water partition coefficient (Wildman–Crippen LogP) is 4.02. The van der Waals surface area contributed by atoms with E-state index < -0.39 is 29.7 Å². The molecule has 4 aromatic rings. The van der Waals surface area contributed by atoms with Crippen LogP contribution in [0.1, 0.15) is 60.7 Å². The minimum absolute atomic E-state index is 0.0297. The molecule has 1 atom stereocenters. The molecule has 3 aromatic carbocycles. The van der Waals surface area contributed by atoms with Crippen LogP contribution in [-0.2, 0) is 24.2 Å². The van der Waals surface area contributed by atoms with Crippen molar-refractivity contribution in [3.8, 4) is 5.75 Å². The van der Waals surface area contributed by atoms with Gasteiger partial charge < -0.3 is 26.2 Å². The quantitative estimate of drug-likeness (QED) is 0.194. The Bertz CT molecular complexity index is 1740. The van der Waals surface area contributed by atoms with Gasteiger partial charge in [-0.05, 0) is 73.2 Å². The number of benzene rings is 3. The normalized spacial score (nSPS) is 13.0. The molecule has 43 heavy (non-hydrogen) atoms. The Morgan fingerprint density at radius 3 is 2.44 bits per heavy atom. The van der Waals surface area contributed by atoms with E-state index in [0.717, 1.165) is 30.5 Å². The third-order valence-corrected chi connectivity index (χ3v) is 7.62. The number of phenolic OH excluding ortho intramolecular Hbond substituents is 1. The highest BCUT2D eigenvalue weighted by molar-refractivity contribution is 6.34. The average molecular weight is 601 g/mol. The highest BCUT2D eigenvalue weighted by atomic mass is 35.5. The number of hydrogen-bond donors (Lipinski definition) is 5. The Morgan fingerprint density at radius 1 is 0.884 bits per heavy atom. The summed E-state index contributed by atoms with van der Waals surface area (Å²) in [5, 5.41) is 27.8. The molecule has 1 aliphatic rings. The van der Waals surface area contributed by atoms with Gasteiger partial charge in [-0.3, -0.25) is 19.4 Å². The van der Waals surface area contributed by atoms with Gasteiger partial charge in [0.2, 0.25) is 0 Å². The minimum atomic E-state index is -1.44. The number of aliphatic carboxylic acids is 1. The van der Waals surface area contributed by atoms with E-state index in [1.807, 2.05) is 24.3 Å². The number of carboxylic acids is 1. The van der Waals surface area contributed by atoms with Gasteiger partial charge in [-0.2, -0.15) is 0 Å². The van der Waals surface area contributed by atoms with E-state index in [4.69, 9.17) is 16.6 Å². The summed E-state index contributed by atoms with van der Waals surface area (Å²) in [6.45, 7) is -0.199. The lowest BCUT2D eigenvalue weighted by Crippen LogP contribution is -2.48. The molecule has 5 N–H and O–H groups in total. The highest BCUT2D eigenvalue weighted by Gasteiger charge is 2.26. The van der Waals surface area contributed by atoms with Crippen molar-refractivity contribution in [3.63, 3.8) is 0 Å². The van der Waals surface area contributed by atoms with Gasteiger partial charge in [-0.15, -0.1) is 0 Å². The van der Waals surface area contributed by atoms with Crippen LogP contribution < -0.4 is 16.0 Å². The van der Waals surface area contributed by atoms with Crippen molar-refractivity contribution in [2.75, 3.05) is 6.54 Å². The Kier molecular flexibility index (Phi) is 8.87. The largest absolute Gasteiger partial charge is 0.508 e. The zero-order valence-corrected chi connectivity index (χ0v) is 23.8. The number of pyridine rings is 1. The predicted molar refractivity (Wildman–Crippen MR) is 160 cm³/mol. The Morgan fingerprint density at radius 2 is 1.67 bits per heavy atom. The first-order valence-corrected chi connectivity index (χ1v) is 14.2. The number of carbonyl (C=O) groups is 4. The van der Waals surface area contributed by atoms with Crippen LogP contribution in [0.3, 0.4) is 0 Å². The number of nitrogens with zero attached hydrogens (tertiary/aromatic N) is 1. The van der Waals surface area contributed by atoms with Crippen molar-refractivity contribution in [1.82, 2.24) is 20.9 Å². The molecule has 1 aliphatic carbocycles. The van der Waals surface area contributed by atoms with Crippen molar-refractivity contribution < 1.29 is 29.4 Å². The molecule has 0 aliphatic heterocycles. The number of nitrogens with one attached hydrogen (secondary N) is 3. The summed E-state index contributed by atoms with van der Waals surface area (Å²) >= 11 is 6.30. The van der Waals surface area contributed by atoms with Gasteiger partial charge in [0, 0.05) is 29.7 Å². The van der Waals surface area contributed by atoms with E-state index in [2.05, 4.69) is 16.0 Å². The molecule has 0 saturated heterocycles. The molecular weight excluding hydrogens is 572 g/mol. The van der Waals surface area contributed by atoms with Crippen LogP contribution in [0.5, 0.6) is 5.75 Å². The molecule has 0 unspecified atom stereocenters. The summed E-state index contributed by atoms with van der Waals surface area (Å²) in [5.41, 5.74) is 3.79. The molecule has 3 amide bonds. The molecular formula is C32H29ClN4O6. The third kappa shape index (κ3) is 6.76. The first-order valence-electron chi connectivity index (χ1n) is 13.8. The first-order chi connectivity index (χ1) is 20.7. The summed E-state index contributed by atoms with van der Waals surface area (Å²) in [5.74, 6) is -2.92. The molecule has 0 radical (unpaired) electrons. The zero-order chi connectivity index (χ0) is 30.5. The Balaban J connectivity index is 1.25. The lowest BCUT2D eigenvalue weighted by Gasteiger charge is -2.21. The molecule has 0 saturated carbocycles. The lowest BCUT2D eigenvalue weighted by molar-refractivity contribution is -0.139.